The predicted octanol–water partition coefficient (Wildman–Crippen LogP) is -0.317. The molecule has 1 aromatic rings. The third-order valence-electron chi connectivity index (χ3n) is 3.29. The van der Waals surface area contributed by atoms with Crippen LogP contribution in [0.15, 0.2) is 18.2 Å². The first kappa shape index (κ1) is 18.5. The fourth-order valence-corrected chi connectivity index (χ4v) is 2.87. The summed E-state index contributed by atoms with van der Waals surface area (Å²) in [6, 6.07) is 4.76. The number of carbonyl (C=O) groups excluding carboxylic acids is 1. The van der Waals surface area contributed by atoms with Crippen molar-refractivity contribution in [1.29, 1.82) is 0 Å². The third-order valence-corrected chi connectivity index (χ3v) is 4.63. The van der Waals surface area contributed by atoms with Crippen molar-refractivity contribution in [3.63, 3.8) is 0 Å². The number of nitrogens with one attached hydrogen (secondary N) is 2. The molecule has 1 aliphatic rings. The molecule has 1 amide bonds. The van der Waals surface area contributed by atoms with Crippen LogP contribution >= 0.6 is 0 Å². The summed E-state index contributed by atoms with van der Waals surface area (Å²) in [7, 11) is -0.732. The molecule has 0 aliphatic carbocycles. The lowest BCUT2D eigenvalue weighted by Crippen LogP contribution is -2.38. The first-order chi connectivity index (χ1) is 11.4. The SMILES string of the molecule is COC(CNS(=O)(=O)CCNC(=O)c1ccc2c(c1)OCO2)OC. The molecule has 0 atom stereocenters. The second-order valence-electron chi connectivity index (χ2n) is 4.89. The van der Waals surface area contributed by atoms with E-state index in [2.05, 4.69) is 10.0 Å². The number of rotatable bonds is 9. The number of carbonyl (C=O) groups is 1. The highest BCUT2D eigenvalue weighted by molar-refractivity contribution is 7.89. The lowest BCUT2D eigenvalue weighted by Gasteiger charge is -2.14. The van der Waals surface area contributed by atoms with Gasteiger partial charge in [-0.1, -0.05) is 0 Å². The van der Waals surface area contributed by atoms with Crippen LogP contribution in [0.2, 0.25) is 0 Å². The van der Waals surface area contributed by atoms with Gasteiger partial charge in [0, 0.05) is 26.3 Å². The molecule has 134 valence electrons. The van der Waals surface area contributed by atoms with Gasteiger partial charge in [0.1, 0.15) is 0 Å². The average molecular weight is 360 g/mol. The van der Waals surface area contributed by atoms with Gasteiger partial charge < -0.3 is 24.3 Å². The summed E-state index contributed by atoms with van der Waals surface area (Å²) in [5, 5.41) is 2.54. The summed E-state index contributed by atoms with van der Waals surface area (Å²) < 4.78 is 46.1. The lowest BCUT2D eigenvalue weighted by molar-refractivity contribution is -0.0960. The molecule has 0 saturated heterocycles. The summed E-state index contributed by atoms with van der Waals surface area (Å²) in [6.45, 7) is 0.0763. The second kappa shape index (κ2) is 8.29. The molecule has 9 nitrogen and oxygen atoms in total. The van der Waals surface area contributed by atoms with Crippen molar-refractivity contribution in [1.82, 2.24) is 10.0 Å². The van der Waals surface area contributed by atoms with Gasteiger partial charge in [0.25, 0.3) is 5.91 Å². The monoisotopic (exact) mass is 360 g/mol. The third kappa shape index (κ3) is 5.06. The van der Waals surface area contributed by atoms with Gasteiger partial charge in [0.15, 0.2) is 17.8 Å². The maximum atomic E-state index is 12.0. The molecule has 1 aromatic carbocycles. The molecule has 0 fully saturated rings. The van der Waals surface area contributed by atoms with E-state index in [0.717, 1.165) is 0 Å². The molecule has 0 aromatic heterocycles. The van der Waals surface area contributed by atoms with Crippen LogP contribution in [0.4, 0.5) is 0 Å². The fourth-order valence-electron chi connectivity index (χ4n) is 1.97. The van der Waals surface area contributed by atoms with E-state index >= 15 is 0 Å². The van der Waals surface area contributed by atoms with Gasteiger partial charge >= 0.3 is 0 Å². The number of benzene rings is 1. The minimum absolute atomic E-state index is 0.00849. The highest BCUT2D eigenvalue weighted by atomic mass is 32.2. The van der Waals surface area contributed by atoms with Gasteiger partial charge in [-0.25, -0.2) is 13.1 Å². The number of hydrogen-bond donors (Lipinski definition) is 2. The fraction of sp³-hybridized carbons (Fsp3) is 0.500. The molecule has 0 radical (unpaired) electrons. The van der Waals surface area contributed by atoms with E-state index in [4.69, 9.17) is 18.9 Å². The minimum atomic E-state index is -3.55. The Kier molecular flexibility index (Phi) is 6.37. The molecule has 10 heteroatoms. The zero-order valence-electron chi connectivity index (χ0n) is 13.4. The molecule has 24 heavy (non-hydrogen) atoms. The Morgan fingerprint density at radius 1 is 1.25 bits per heavy atom. The van der Waals surface area contributed by atoms with Crippen molar-refractivity contribution in [2.24, 2.45) is 0 Å². The number of methoxy groups -OCH3 is 2. The number of hydrogen-bond acceptors (Lipinski definition) is 7. The van der Waals surface area contributed by atoms with Crippen molar-refractivity contribution in [3.8, 4) is 11.5 Å². The second-order valence-corrected chi connectivity index (χ2v) is 6.82. The van der Waals surface area contributed by atoms with Crippen LogP contribution < -0.4 is 19.5 Å². The maximum Gasteiger partial charge on any atom is 0.251 e. The number of fused-ring (bicyclic) bond motifs is 1. The average Bonchev–Trinajstić information content (AvgIpc) is 3.03. The van der Waals surface area contributed by atoms with Crippen LogP contribution in [0.3, 0.4) is 0 Å². The normalized spacial score (nSPS) is 13.3. The van der Waals surface area contributed by atoms with E-state index in [-0.39, 0.29) is 25.6 Å². The van der Waals surface area contributed by atoms with E-state index in [1.165, 1.54) is 14.2 Å². The first-order valence-corrected chi connectivity index (χ1v) is 8.81. The van der Waals surface area contributed by atoms with Crippen molar-refractivity contribution >= 4 is 15.9 Å². The predicted molar refractivity (Wildman–Crippen MR) is 84.5 cm³/mol. The van der Waals surface area contributed by atoms with Crippen molar-refractivity contribution in [2.75, 3.05) is 39.9 Å². The van der Waals surface area contributed by atoms with Crippen LogP contribution in [0.1, 0.15) is 10.4 Å². The molecule has 1 heterocycles. The van der Waals surface area contributed by atoms with Gasteiger partial charge in [-0.15, -0.1) is 0 Å². The molecule has 0 bridgehead atoms. The van der Waals surface area contributed by atoms with Crippen LogP contribution in [-0.2, 0) is 19.5 Å². The molecule has 0 unspecified atom stereocenters. The molecule has 0 spiro atoms. The Morgan fingerprint density at radius 2 is 1.96 bits per heavy atom. The van der Waals surface area contributed by atoms with Crippen LogP contribution in [-0.4, -0.2) is 60.5 Å². The van der Waals surface area contributed by atoms with Crippen molar-refractivity contribution in [3.05, 3.63) is 23.8 Å². The lowest BCUT2D eigenvalue weighted by atomic mass is 10.2. The highest BCUT2D eigenvalue weighted by Gasteiger charge is 2.17. The number of amides is 1. The van der Waals surface area contributed by atoms with E-state index < -0.39 is 22.2 Å². The van der Waals surface area contributed by atoms with Crippen LogP contribution in [0, 0.1) is 0 Å². The molecule has 2 rings (SSSR count). The number of ether oxygens (including phenoxy) is 4. The smallest absolute Gasteiger partial charge is 0.251 e. The largest absolute Gasteiger partial charge is 0.454 e. The van der Waals surface area contributed by atoms with Crippen LogP contribution in [0.25, 0.3) is 0 Å². The van der Waals surface area contributed by atoms with E-state index in [1.54, 1.807) is 18.2 Å². The first-order valence-electron chi connectivity index (χ1n) is 7.16. The van der Waals surface area contributed by atoms with Crippen LogP contribution in [0.5, 0.6) is 11.5 Å². The Labute approximate surface area is 140 Å². The minimum Gasteiger partial charge on any atom is -0.454 e. The van der Waals surface area contributed by atoms with E-state index in [1.807, 2.05) is 0 Å². The topological polar surface area (TPSA) is 112 Å². The Morgan fingerprint density at radius 3 is 2.67 bits per heavy atom. The highest BCUT2D eigenvalue weighted by Crippen LogP contribution is 2.32. The zero-order chi connectivity index (χ0) is 17.6. The Hall–Kier alpha value is -1.88. The summed E-state index contributed by atoms with van der Waals surface area (Å²) in [5.41, 5.74) is 0.364. The van der Waals surface area contributed by atoms with E-state index in [0.29, 0.717) is 17.1 Å². The Bertz CT molecular complexity index is 674. The summed E-state index contributed by atoms with van der Waals surface area (Å²) >= 11 is 0. The molecular formula is C14H20N2O7S. The molecular weight excluding hydrogens is 340 g/mol. The van der Waals surface area contributed by atoms with Gasteiger partial charge in [-0.2, -0.15) is 0 Å². The summed E-state index contributed by atoms with van der Waals surface area (Å²) in [4.78, 5) is 12.0. The number of sulfonamides is 1. The summed E-state index contributed by atoms with van der Waals surface area (Å²) in [5.74, 6) is 0.408. The van der Waals surface area contributed by atoms with Gasteiger partial charge in [0.05, 0.1) is 12.3 Å². The van der Waals surface area contributed by atoms with E-state index in [9.17, 15) is 13.2 Å². The maximum absolute atomic E-state index is 12.0. The van der Waals surface area contributed by atoms with Gasteiger partial charge in [0.2, 0.25) is 16.8 Å². The van der Waals surface area contributed by atoms with Crippen molar-refractivity contribution in [2.45, 2.75) is 6.29 Å². The van der Waals surface area contributed by atoms with Crippen molar-refractivity contribution < 1.29 is 32.2 Å². The summed E-state index contributed by atoms with van der Waals surface area (Å²) in [6.07, 6.45) is -0.664. The Balaban J connectivity index is 1.79. The standard InChI is InChI=1S/C14H20N2O7S/c1-20-13(21-2)8-16-24(18,19)6-5-15-14(17)10-3-4-11-12(7-10)23-9-22-11/h3-4,7,13,16H,5-6,8-9H2,1-2H3,(H,15,17). The van der Waals surface area contributed by atoms with Gasteiger partial charge in [-0.05, 0) is 18.2 Å². The van der Waals surface area contributed by atoms with Gasteiger partial charge in [-0.3, -0.25) is 4.79 Å². The zero-order valence-corrected chi connectivity index (χ0v) is 14.2. The molecule has 0 saturated carbocycles. The molecule has 1 aliphatic heterocycles. The molecule has 2 N–H and O–H groups in total. The quantitative estimate of drug-likeness (QED) is 0.581.